The Kier molecular flexibility index (Phi) is 4.55. The topological polar surface area (TPSA) is 12.0 Å². The van der Waals surface area contributed by atoms with E-state index in [1.54, 1.807) is 0 Å². The lowest BCUT2D eigenvalue weighted by Crippen LogP contribution is -2.06. The smallest absolute Gasteiger partial charge is 0.0595 e. The average Bonchev–Trinajstić information content (AvgIpc) is 2.32. The summed E-state index contributed by atoms with van der Waals surface area (Å²) in [4.78, 5) is 0. The minimum absolute atomic E-state index is 0.161. The Morgan fingerprint density at radius 1 is 1.06 bits per heavy atom. The first-order valence-corrected chi connectivity index (χ1v) is 7.08. The standard InChI is InChI=1S/C14H12BrCl2N/c1-9(10-5-6-13(16)14(17)7-10)18-12-4-2-3-11(15)8-12/h2-9,18H,1H3. The fourth-order valence-electron chi connectivity index (χ4n) is 1.69. The molecule has 0 saturated carbocycles. The van der Waals surface area contributed by atoms with Gasteiger partial charge in [0.25, 0.3) is 0 Å². The molecule has 1 atom stereocenters. The maximum Gasteiger partial charge on any atom is 0.0595 e. The van der Waals surface area contributed by atoms with Gasteiger partial charge in [-0.25, -0.2) is 0 Å². The van der Waals surface area contributed by atoms with Crippen molar-refractivity contribution < 1.29 is 0 Å². The van der Waals surface area contributed by atoms with Crippen LogP contribution < -0.4 is 5.32 Å². The van der Waals surface area contributed by atoms with Crippen molar-refractivity contribution in [2.24, 2.45) is 0 Å². The first-order valence-electron chi connectivity index (χ1n) is 5.53. The second kappa shape index (κ2) is 5.96. The van der Waals surface area contributed by atoms with Gasteiger partial charge in [-0.1, -0.05) is 51.3 Å². The number of benzene rings is 2. The molecule has 18 heavy (non-hydrogen) atoms. The minimum atomic E-state index is 0.161. The normalized spacial score (nSPS) is 12.2. The lowest BCUT2D eigenvalue weighted by atomic mass is 10.1. The summed E-state index contributed by atoms with van der Waals surface area (Å²) in [5, 5.41) is 4.57. The number of anilines is 1. The summed E-state index contributed by atoms with van der Waals surface area (Å²) in [6.07, 6.45) is 0. The van der Waals surface area contributed by atoms with Crippen LogP contribution in [0.3, 0.4) is 0 Å². The van der Waals surface area contributed by atoms with Crippen molar-refractivity contribution in [3.05, 3.63) is 62.5 Å². The zero-order valence-corrected chi connectivity index (χ0v) is 12.9. The highest BCUT2D eigenvalue weighted by molar-refractivity contribution is 9.10. The van der Waals surface area contributed by atoms with Gasteiger partial charge in [0.15, 0.2) is 0 Å². The summed E-state index contributed by atoms with van der Waals surface area (Å²) >= 11 is 15.4. The molecular formula is C14H12BrCl2N. The second-order valence-electron chi connectivity index (χ2n) is 4.05. The molecule has 0 amide bonds. The highest BCUT2D eigenvalue weighted by atomic mass is 79.9. The van der Waals surface area contributed by atoms with Gasteiger partial charge in [-0.2, -0.15) is 0 Å². The fraction of sp³-hybridized carbons (Fsp3) is 0.143. The molecule has 2 rings (SSSR count). The van der Waals surface area contributed by atoms with E-state index in [4.69, 9.17) is 23.2 Å². The van der Waals surface area contributed by atoms with Gasteiger partial charge < -0.3 is 5.32 Å². The van der Waals surface area contributed by atoms with Crippen molar-refractivity contribution in [2.75, 3.05) is 5.32 Å². The van der Waals surface area contributed by atoms with E-state index in [-0.39, 0.29) is 6.04 Å². The Labute approximate surface area is 125 Å². The van der Waals surface area contributed by atoms with Crippen molar-refractivity contribution >= 4 is 44.8 Å². The lowest BCUT2D eigenvalue weighted by molar-refractivity contribution is 0.885. The SMILES string of the molecule is CC(Nc1cccc(Br)c1)c1ccc(Cl)c(Cl)c1. The Hall–Kier alpha value is -0.700. The molecule has 1 unspecified atom stereocenters. The summed E-state index contributed by atoms with van der Waals surface area (Å²) in [5.41, 5.74) is 2.16. The van der Waals surface area contributed by atoms with Gasteiger partial charge in [0.2, 0.25) is 0 Å². The molecule has 2 aromatic carbocycles. The van der Waals surface area contributed by atoms with Crippen molar-refractivity contribution in [1.29, 1.82) is 0 Å². The highest BCUT2D eigenvalue weighted by Crippen LogP contribution is 2.27. The van der Waals surface area contributed by atoms with Gasteiger partial charge >= 0.3 is 0 Å². The van der Waals surface area contributed by atoms with Gasteiger partial charge in [-0.3, -0.25) is 0 Å². The summed E-state index contributed by atoms with van der Waals surface area (Å²) in [6, 6.07) is 13.9. The zero-order chi connectivity index (χ0) is 13.1. The molecular weight excluding hydrogens is 333 g/mol. The van der Waals surface area contributed by atoms with Crippen LogP contribution in [0.4, 0.5) is 5.69 Å². The first kappa shape index (κ1) is 13.7. The van der Waals surface area contributed by atoms with Gasteiger partial charge in [0, 0.05) is 16.2 Å². The van der Waals surface area contributed by atoms with Crippen LogP contribution in [0.1, 0.15) is 18.5 Å². The molecule has 0 aliphatic heterocycles. The molecule has 2 aromatic rings. The molecule has 1 nitrogen and oxygen atoms in total. The number of nitrogens with one attached hydrogen (secondary N) is 1. The molecule has 0 aliphatic carbocycles. The summed E-state index contributed by atoms with van der Waals surface area (Å²) in [6.45, 7) is 2.08. The van der Waals surface area contributed by atoms with Gasteiger partial charge in [0.05, 0.1) is 10.0 Å². The van der Waals surface area contributed by atoms with Crippen LogP contribution in [-0.4, -0.2) is 0 Å². The first-order chi connectivity index (χ1) is 8.56. The molecule has 0 aliphatic rings. The van der Waals surface area contributed by atoms with E-state index in [0.717, 1.165) is 15.7 Å². The van der Waals surface area contributed by atoms with Gasteiger partial charge in [-0.05, 0) is 42.8 Å². The van der Waals surface area contributed by atoms with Gasteiger partial charge in [0.1, 0.15) is 0 Å². The van der Waals surface area contributed by atoms with E-state index >= 15 is 0 Å². The van der Waals surface area contributed by atoms with Gasteiger partial charge in [-0.15, -0.1) is 0 Å². The fourth-order valence-corrected chi connectivity index (χ4v) is 2.40. The average molecular weight is 345 g/mol. The van der Waals surface area contributed by atoms with Crippen LogP contribution in [0.15, 0.2) is 46.9 Å². The quantitative estimate of drug-likeness (QED) is 0.727. The molecule has 0 fully saturated rings. The van der Waals surface area contributed by atoms with Crippen molar-refractivity contribution in [3.8, 4) is 0 Å². The van der Waals surface area contributed by atoms with Crippen LogP contribution in [0.25, 0.3) is 0 Å². The molecule has 0 heterocycles. The van der Waals surface area contributed by atoms with Crippen LogP contribution in [-0.2, 0) is 0 Å². The summed E-state index contributed by atoms with van der Waals surface area (Å²) < 4.78 is 1.05. The molecule has 0 aromatic heterocycles. The third kappa shape index (κ3) is 3.41. The maximum atomic E-state index is 6.02. The Morgan fingerprint density at radius 2 is 1.83 bits per heavy atom. The second-order valence-corrected chi connectivity index (χ2v) is 5.78. The largest absolute Gasteiger partial charge is 0.378 e. The zero-order valence-electron chi connectivity index (χ0n) is 9.75. The van der Waals surface area contributed by atoms with E-state index < -0.39 is 0 Å². The van der Waals surface area contributed by atoms with E-state index in [0.29, 0.717) is 10.0 Å². The summed E-state index contributed by atoms with van der Waals surface area (Å²) in [7, 11) is 0. The summed E-state index contributed by atoms with van der Waals surface area (Å²) in [5.74, 6) is 0. The molecule has 94 valence electrons. The predicted molar refractivity (Wildman–Crippen MR) is 82.6 cm³/mol. The molecule has 0 saturated heterocycles. The maximum absolute atomic E-state index is 6.02. The monoisotopic (exact) mass is 343 g/mol. The Morgan fingerprint density at radius 3 is 2.50 bits per heavy atom. The van der Waals surface area contributed by atoms with Crippen molar-refractivity contribution in [2.45, 2.75) is 13.0 Å². The minimum Gasteiger partial charge on any atom is -0.378 e. The van der Waals surface area contributed by atoms with Crippen LogP contribution in [0.2, 0.25) is 10.0 Å². The Balaban J connectivity index is 2.16. The number of hydrogen-bond donors (Lipinski definition) is 1. The lowest BCUT2D eigenvalue weighted by Gasteiger charge is -2.16. The molecule has 0 radical (unpaired) electrons. The Bertz CT molecular complexity index is 557. The van der Waals surface area contributed by atoms with Crippen molar-refractivity contribution in [3.63, 3.8) is 0 Å². The predicted octanol–water partition coefficient (Wildman–Crippen LogP) is 5.93. The van der Waals surface area contributed by atoms with Crippen molar-refractivity contribution in [1.82, 2.24) is 0 Å². The number of hydrogen-bond acceptors (Lipinski definition) is 1. The van der Waals surface area contributed by atoms with E-state index in [9.17, 15) is 0 Å². The molecule has 4 heteroatoms. The number of halogens is 3. The van der Waals surface area contributed by atoms with E-state index in [1.807, 2.05) is 42.5 Å². The molecule has 0 spiro atoms. The number of rotatable bonds is 3. The van der Waals surface area contributed by atoms with Crippen LogP contribution >= 0.6 is 39.1 Å². The molecule has 0 bridgehead atoms. The molecule has 1 N–H and O–H groups in total. The van der Waals surface area contributed by atoms with E-state index in [2.05, 4.69) is 28.2 Å². The third-order valence-corrected chi connectivity index (χ3v) is 3.88. The highest BCUT2D eigenvalue weighted by Gasteiger charge is 2.07. The van der Waals surface area contributed by atoms with Crippen LogP contribution in [0, 0.1) is 0 Å². The van der Waals surface area contributed by atoms with E-state index in [1.165, 1.54) is 0 Å². The van der Waals surface area contributed by atoms with Crippen LogP contribution in [0.5, 0.6) is 0 Å². The third-order valence-electron chi connectivity index (χ3n) is 2.65.